The van der Waals surface area contributed by atoms with E-state index in [9.17, 15) is 9.59 Å². The molecule has 0 saturated carbocycles. The predicted octanol–water partition coefficient (Wildman–Crippen LogP) is 1.86. The quantitative estimate of drug-likeness (QED) is 0.814. The topological polar surface area (TPSA) is 62.3 Å². The van der Waals surface area contributed by atoms with E-state index >= 15 is 0 Å². The van der Waals surface area contributed by atoms with Crippen molar-refractivity contribution in [1.29, 1.82) is 0 Å². The van der Waals surface area contributed by atoms with Gasteiger partial charge >= 0.3 is 0 Å². The molecule has 5 nitrogen and oxygen atoms in total. The van der Waals surface area contributed by atoms with Crippen molar-refractivity contribution >= 4 is 23.2 Å². The van der Waals surface area contributed by atoms with Crippen molar-refractivity contribution in [3.63, 3.8) is 0 Å². The van der Waals surface area contributed by atoms with Gasteiger partial charge in [-0.1, -0.05) is 13.8 Å². The van der Waals surface area contributed by atoms with Crippen LogP contribution in [0.2, 0.25) is 0 Å². The molecule has 0 aromatic carbocycles. The molecule has 6 heteroatoms. The Hall–Kier alpha value is -1.27. The van der Waals surface area contributed by atoms with Crippen LogP contribution in [0.5, 0.6) is 0 Å². The van der Waals surface area contributed by atoms with E-state index in [4.69, 9.17) is 0 Å². The Morgan fingerprint density at radius 2 is 2.15 bits per heavy atom. The third-order valence-electron chi connectivity index (χ3n) is 3.66. The molecule has 1 aromatic heterocycles. The Morgan fingerprint density at radius 3 is 2.70 bits per heavy atom. The number of likely N-dealkylation sites (tertiary alicyclic amines) is 1. The van der Waals surface area contributed by atoms with E-state index in [1.54, 1.807) is 11.3 Å². The molecule has 20 heavy (non-hydrogen) atoms. The largest absolute Gasteiger partial charge is 0.299 e. The standard InChI is InChI=1S/C14H21N3O2S/c1-4-10(5-2)17-13(18)6-11(14(17)19)15-7-12-16-9(3)8-20-12/h8,10-11,15H,4-7H2,1-3H3. The summed E-state index contributed by atoms with van der Waals surface area (Å²) in [7, 11) is 0. The maximum Gasteiger partial charge on any atom is 0.247 e. The number of rotatable bonds is 6. The van der Waals surface area contributed by atoms with Gasteiger partial charge in [0.05, 0.1) is 12.5 Å². The van der Waals surface area contributed by atoms with Crippen LogP contribution in [0.3, 0.4) is 0 Å². The molecule has 1 aromatic rings. The van der Waals surface area contributed by atoms with E-state index in [1.165, 1.54) is 4.90 Å². The van der Waals surface area contributed by atoms with Crippen LogP contribution in [0, 0.1) is 6.92 Å². The lowest BCUT2D eigenvalue weighted by molar-refractivity contribution is -0.141. The number of imide groups is 1. The predicted molar refractivity (Wildman–Crippen MR) is 78.3 cm³/mol. The molecule has 1 aliphatic rings. The van der Waals surface area contributed by atoms with Crippen molar-refractivity contribution in [3.05, 3.63) is 16.1 Å². The molecule has 0 bridgehead atoms. The zero-order chi connectivity index (χ0) is 14.7. The number of nitrogens with one attached hydrogen (secondary N) is 1. The smallest absolute Gasteiger partial charge is 0.247 e. The Labute approximate surface area is 123 Å². The average molecular weight is 295 g/mol. The zero-order valence-corrected chi connectivity index (χ0v) is 13.0. The Kier molecular flexibility index (Phi) is 4.88. The molecule has 0 spiro atoms. The van der Waals surface area contributed by atoms with Gasteiger partial charge in [0.15, 0.2) is 0 Å². The summed E-state index contributed by atoms with van der Waals surface area (Å²) in [6.07, 6.45) is 1.89. The van der Waals surface area contributed by atoms with Gasteiger partial charge in [0.2, 0.25) is 11.8 Å². The monoisotopic (exact) mass is 295 g/mol. The fraction of sp³-hybridized carbons (Fsp3) is 0.643. The second-order valence-corrected chi connectivity index (χ2v) is 6.04. The van der Waals surface area contributed by atoms with Gasteiger partial charge in [0.25, 0.3) is 0 Å². The van der Waals surface area contributed by atoms with Gasteiger partial charge in [-0.25, -0.2) is 4.98 Å². The van der Waals surface area contributed by atoms with Crippen molar-refractivity contribution < 1.29 is 9.59 Å². The third kappa shape index (κ3) is 3.07. The molecule has 2 rings (SSSR count). The summed E-state index contributed by atoms with van der Waals surface area (Å²) in [5, 5.41) is 6.09. The van der Waals surface area contributed by atoms with E-state index in [2.05, 4.69) is 10.3 Å². The highest BCUT2D eigenvalue weighted by atomic mass is 32.1. The van der Waals surface area contributed by atoms with Crippen LogP contribution >= 0.6 is 11.3 Å². The number of hydrogen-bond acceptors (Lipinski definition) is 5. The maximum atomic E-state index is 12.3. The first-order valence-corrected chi connectivity index (χ1v) is 7.95. The van der Waals surface area contributed by atoms with Gasteiger partial charge in [0, 0.05) is 23.7 Å². The summed E-state index contributed by atoms with van der Waals surface area (Å²) < 4.78 is 0. The molecule has 2 amide bonds. The lowest BCUT2D eigenvalue weighted by Gasteiger charge is -2.24. The molecule has 1 unspecified atom stereocenters. The van der Waals surface area contributed by atoms with Crippen LogP contribution in [-0.4, -0.2) is 33.8 Å². The number of thiazole rings is 1. The second-order valence-electron chi connectivity index (χ2n) is 5.09. The summed E-state index contributed by atoms with van der Waals surface area (Å²) in [5.74, 6) is -0.145. The van der Waals surface area contributed by atoms with Gasteiger partial charge < -0.3 is 0 Å². The van der Waals surface area contributed by atoms with Crippen LogP contribution in [0.4, 0.5) is 0 Å². The minimum atomic E-state index is -0.396. The molecule has 1 saturated heterocycles. The molecule has 1 N–H and O–H groups in total. The zero-order valence-electron chi connectivity index (χ0n) is 12.2. The molecule has 2 heterocycles. The van der Waals surface area contributed by atoms with Crippen molar-refractivity contribution in [2.75, 3.05) is 0 Å². The number of carbonyl (C=O) groups is 2. The lowest BCUT2D eigenvalue weighted by Crippen LogP contribution is -2.43. The maximum absolute atomic E-state index is 12.3. The Bertz CT molecular complexity index is 496. The first-order valence-electron chi connectivity index (χ1n) is 7.07. The highest BCUT2D eigenvalue weighted by Crippen LogP contribution is 2.20. The second kappa shape index (κ2) is 6.45. The molecule has 1 aliphatic heterocycles. The summed E-state index contributed by atoms with van der Waals surface area (Å²) >= 11 is 1.57. The summed E-state index contributed by atoms with van der Waals surface area (Å²) in [5.41, 5.74) is 0.985. The summed E-state index contributed by atoms with van der Waals surface area (Å²) in [6, 6.07) is -0.365. The Morgan fingerprint density at radius 1 is 1.45 bits per heavy atom. The van der Waals surface area contributed by atoms with E-state index in [1.807, 2.05) is 26.2 Å². The van der Waals surface area contributed by atoms with Crippen molar-refractivity contribution in [3.8, 4) is 0 Å². The van der Waals surface area contributed by atoms with Crippen LogP contribution < -0.4 is 5.32 Å². The average Bonchev–Trinajstić information content (AvgIpc) is 2.95. The number of aryl methyl sites for hydroxylation is 1. The number of hydrogen-bond donors (Lipinski definition) is 1. The normalized spacial score (nSPS) is 19.4. The SMILES string of the molecule is CCC(CC)N1C(=O)CC(NCc2nc(C)cs2)C1=O. The Balaban J connectivity index is 1.97. The molecule has 110 valence electrons. The lowest BCUT2D eigenvalue weighted by atomic mass is 10.1. The first-order chi connectivity index (χ1) is 9.56. The van der Waals surface area contributed by atoms with E-state index in [-0.39, 0.29) is 24.3 Å². The molecule has 1 atom stereocenters. The molecular formula is C14H21N3O2S. The number of aromatic nitrogens is 1. The molecular weight excluding hydrogens is 274 g/mol. The van der Waals surface area contributed by atoms with Gasteiger partial charge in [-0.2, -0.15) is 0 Å². The van der Waals surface area contributed by atoms with Crippen LogP contribution in [0.15, 0.2) is 5.38 Å². The van der Waals surface area contributed by atoms with Gasteiger partial charge in [-0.3, -0.25) is 19.8 Å². The fourth-order valence-electron chi connectivity index (χ4n) is 2.54. The minimum absolute atomic E-state index is 0.0314. The van der Waals surface area contributed by atoms with Gasteiger partial charge in [0.1, 0.15) is 5.01 Å². The van der Waals surface area contributed by atoms with Crippen molar-refractivity contribution in [2.24, 2.45) is 0 Å². The van der Waals surface area contributed by atoms with Crippen LogP contribution in [-0.2, 0) is 16.1 Å². The minimum Gasteiger partial charge on any atom is -0.299 e. The third-order valence-corrected chi connectivity index (χ3v) is 4.62. The van der Waals surface area contributed by atoms with Gasteiger partial charge in [-0.05, 0) is 19.8 Å². The van der Waals surface area contributed by atoms with E-state index in [0.717, 1.165) is 23.5 Å². The summed E-state index contributed by atoms with van der Waals surface area (Å²) in [6.45, 7) is 6.50. The molecule has 0 radical (unpaired) electrons. The highest BCUT2D eigenvalue weighted by Gasteiger charge is 2.41. The first kappa shape index (κ1) is 15.1. The van der Waals surface area contributed by atoms with Crippen molar-refractivity contribution in [2.45, 2.75) is 58.7 Å². The van der Waals surface area contributed by atoms with Crippen LogP contribution in [0.1, 0.15) is 43.8 Å². The molecule has 1 fully saturated rings. The van der Waals surface area contributed by atoms with Crippen LogP contribution in [0.25, 0.3) is 0 Å². The number of amides is 2. The van der Waals surface area contributed by atoms with Gasteiger partial charge in [-0.15, -0.1) is 11.3 Å². The summed E-state index contributed by atoms with van der Waals surface area (Å²) in [4.78, 5) is 30.1. The highest BCUT2D eigenvalue weighted by molar-refractivity contribution is 7.09. The molecule has 0 aliphatic carbocycles. The fourth-order valence-corrected chi connectivity index (χ4v) is 3.27. The van der Waals surface area contributed by atoms with Crippen molar-refractivity contribution in [1.82, 2.24) is 15.2 Å². The number of carbonyl (C=O) groups excluding carboxylic acids is 2. The van der Waals surface area contributed by atoms with E-state index in [0.29, 0.717) is 6.54 Å². The van der Waals surface area contributed by atoms with E-state index < -0.39 is 6.04 Å². The number of nitrogens with zero attached hydrogens (tertiary/aromatic N) is 2.